The van der Waals surface area contributed by atoms with E-state index in [0.29, 0.717) is 5.69 Å². The van der Waals surface area contributed by atoms with Crippen molar-refractivity contribution in [3.63, 3.8) is 0 Å². The van der Waals surface area contributed by atoms with Gasteiger partial charge in [0.2, 0.25) is 0 Å². The molecule has 0 aliphatic carbocycles. The maximum absolute atomic E-state index is 12.7. The molecule has 0 saturated heterocycles. The lowest BCUT2D eigenvalue weighted by atomic mass is 10.2. The summed E-state index contributed by atoms with van der Waals surface area (Å²) in [6.45, 7) is -0.441. The average Bonchev–Trinajstić information content (AvgIpc) is 3.24. The first kappa shape index (κ1) is 18.3. The summed E-state index contributed by atoms with van der Waals surface area (Å²) >= 11 is 1.44. The Bertz CT molecular complexity index is 904. The van der Waals surface area contributed by atoms with E-state index in [9.17, 15) is 18.0 Å². The minimum atomic E-state index is -3.33. The van der Waals surface area contributed by atoms with Gasteiger partial charge >= 0.3 is 5.97 Å². The molecule has 136 valence electrons. The third kappa shape index (κ3) is 4.59. The van der Waals surface area contributed by atoms with Crippen LogP contribution in [-0.2, 0) is 30.6 Å². The zero-order chi connectivity index (χ0) is 18.6. The normalized spacial score (nSPS) is 17.8. The molecule has 0 bridgehead atoms. The molecule has 0 N–H and O–H groups in total. The SMILES string of the molecule is O=C(Cc1cccs1)OCC(=O)N(c1ccccc1)[C@H]1C=CS(=O)(=O)C1. The Morgan fingerprint density at radius 1 is 1.15 bits per heavy atom. The van der Waals surface area contributed by atoms with E-state index in [-0.39, 0.29) is 12.2 Å². The van der Waals surface area contributed by atoms with E-state index in [1.165, 1.54) is 22.3 Å². The van der Waals surface area contributed by atoms with Gasteiger partial charge in [-0.05, 0) is 29.7 Å². The first-order chi connectivity index (χ1) is 12.4. The summed E-state index contributed by atoms with van der Waals surface area (Å²) < 4.78 is 28.6. The van der Waals surface area contributed by atoms with Crippen molar-refractivity contribution in [1.82, 2.24) is 0 Å². The number of benzene rings is 1. The van der Waals surface area contributed by atoms with Crippen LogP contribution in [0.3, 0.4) is 0 Å². The molecule has 0 spiro atoms. The van der Waals surface area contributed by atoms with Crippen molar-refractivity contribution in [3.8, 4) is 0 Å². The Hall–Kier alpha value is -2.45. The number of sulfone groups is 1. The Balaban J connectivity index is 1.69. The van der Waals surface area contributed by atoms with E-state index >= 15 is 0 Å². The number of nitrogens with zero attached hydrogens (tertiary/aromatic N) is 1. The Labute approximate surface area is 155 Å². The summed E-state index contributed by atoms with van der Waals surface area (Å²) in [7, 11) is -3.33. The van der Waals surface area contributed by atoms with Crippen LogP contribution in [-0.4, -0.2) is 38.7 Å². The predicted octanol–water partition coefficient (Wildman–Crippen LogP) is 2.18. The lowest BCUT2D eigenvalue weighted by molar-refractivity contribution is -0.147. The zero-order valence-corrected chi connectivity index (χ0v) is 15.4. The first-order valence-corrected chi connectivity index (χ1v) is 10.5. The number of anilines is 1. The Kier molecular flexibility index (Phi) is 5.53. The maximum Gasteiger partial charge on any atom is 0.311 e. The van der Waals surface area contributed by atoms with Crippen molar-refractivity contribution >= 4 is 38.7 Å². The summed E-state index contributed by atoms with van der Waals surface area (Å²) in [5.41, 5.74) is 0.554. The molecule has 1 aromatic carbocycles. The number of rotatable bonds is 6. The highest BCUT2D eigenvalue weighted by Crippen LogP contribution is 2.23. The van der Waals surface area contributed by atoms with Crippen LogP contribution in [0.5, 0.6) is 0 Å². The van der Waals surface area contributed by atoms with E-state index in [1.807, 2.05) is 17.5 Å². The first-order valence-electron chi connectivity index (χ1n) is 7.91. The van der Waals surface area contributed by atoms with Crippen molar-refractivity contribution < 1.29 is 22.7 Å². The number of hydrogen-bond acceptors (Lipinski definition) is 6. The second-order valence-corrected chi connectivity index (χ2v) is 8.70. The fraction of sp³-hybridized carbons (Fsp3) is 0.222. The molecule has 0 radical (unpaired) electrons. The van der Waals surface area contributed by atoms with Gasteiger partial charge in [-0.3, -0.25) is 9.59 Å². The number of amides is 1. The molecule has 6 nitrogen and oxygen atoms in total. The van der Waals surface area contributed by atoms with Gasteiger partial charge in [0.15, 0.2) is 16.4 Å². The number of ether oxygens (including phenoxy) is 1. The lowest BCUT2D eigenvalue weighted by Crippen LogP contribution is -2.43. The van der Waals surface area contributed by atoms with Crippen LogP contribution in [0.25, 0.3) is 0 Å². The largest absolute Gasteiger partial charge is 0.455 e. The fourth-order valence-corrected chi connectivity index (χ4v) is 4.61. The van der Waals surface area contributed by atoms with Crippen LogP contribution >= 0.6 is 11.3 Å². The molecule has 1 aromatic heterocycles. The van der Waals surface area contributed by atoms with Crippen molar-refractivity contribution in [1.29, 1.82) is 0 Å². The van der Waals surface area contributed by atoms with E-state index in [1.54, 1.807) is 30.3 Å². The highest BCUT2D eigenvalue weighted by atomic mass is 32.2. The molecule has 2 heterocycles. The van der Waals surface area contributed by atoms with Crippen molar-refractivity contribution in [3.05, 3.63) is 64.2 Å². The number of thiophene rings is 1. The fourth-order valence-electron chi connectivity index (χ4n) is 2.65. The minimum absolute atomic E-state index is 0.105. The molecular formula is C18H17NO5S2. The molecule has 3 rings (SSSR count). The van der Waals surface area contributed by atoms with E-state index in [0.717, 1.165) is 10.3 Å². The van der Waals surface area contributed by atoms with Gasteiger partial charge < -0.3 is 9.64 Å². The molecule has 1 atom stereocenters. The second-order valence-electron chi connectivity index (χ2n) is 5.74. The number of carbonyl (C=O) groups excluding carboxylic acids is 2. The van der Waals surface area contributed by atoms with Crippen molar-refractivity contribution in [2.45, 2.75) is 12.5 Å². The van der Waals surface area contributed by atoms with Gasteiger partial charge in [0.05, 0.1) is 18.2 Å². The minimum Gasteiger partial charge on any atom is -0.455 e. The second kappa shape index (κ2) is 7.84. The summed E-state index contributed by atoms with van der Waals surface area (Å²) in [5.74, 6) is -1.15. The monoisotopic (exact) mass is 391 g/mol. The summed E-state index contributed by atoms with van der Waals surface area (Å²) in [6.07, 6.45) is 1.59. The van der Waals surface area contributed by atoms with Crippen LogP contribution in [0.2, 0.25) is 0 Å². The van der Waals surface area contributed by atoms with E-state index in [4.69, 9.17) is 4.74 Å². The molecular weight excluding hydrogens is 374 g/mol. The van der Waals surface area contributed by atoms with Gasteiger partial charge in [-0.2, -0.15) is 0 Å². The molecule has 2 aromatic rings. The third-order valence-corrected chi connectivity index (χ3v) is 6.06. The summed E-state index contributed by atoms with van der Waals surface area (Å²) in [4.78, 5) is 26.8. The molecule has 8 heteroatoms. The van der Waals surface area contributed by atoms with Crippen LogP contribution < -0.4 is 4.90 Å². The predicted molar refractivity (Wildman–Crippen MR) is 99.6 cm³/mol. The molecule has 1 aliphatic rings. The highest BCUT2D eigenvalue weighted by Gasteiger charge is 2.31. The number of hydrogen-bond donors (Lipinski definition) is 0. The Morgan fingerprint density at radius 3 is 2.54 bits per heavy atom. The maximum atomic E-state index is 12.7. The quantitative estimate of drug-likeness (QED) is 0.705. The molecule has 0 saturated carbocycles. The van der Waals surface area contributed by atoms with Crippen LogP contribution in [0.15, 0.2) is 59.3 Å². The average molecular weight is 391 g/mol. The number of esters is 1. The van der Waals surface area contributed by atoms with Crippen molar-refractivity contribution in [2.75, 3.05) is 17.3 Å². The Morgan fingerprint density at radius 2 is 1.92 bits per heavy atom. The van der Waals surface area contributed by atoms with Crippen LogP contribution in [0.4, 0.5) is 5.69 Å². The van der Waals surface area contributed by atoms with Crippen LogP contribution in [0.1, 0.15) is 4.88 Å². The van der Waals surface area contributed by atoms with E-state index in [2.05, 4.69) is 0 Å². The summed E-state index contributed by atoms with van der Waals surface area (Å²) in [5, 5.41) is 2.97. The van der Waals surface area contributed by atoms with Gasteiger partial charge in [-0.1, -0.05) is 24.3 Å². The lowest BCUT2D eigenvalue weighted by Gasteiger charge is -2.27. The third-order valence-electron chi connectivity index (χ3n) is 3.80. The number of para-hydroxylation sites is 1. The zero-order valence-electron chi connectivity index (χ0n) is 13.8. The van der Waals surface area contributed by atoms with Crippen LogP contribution in [0, 0.1) is 0 Å². The molecule has 1 aliphatic heterocycles. The van der Waals surface area contributed by atoms with Gasteiger partial charge in [0.25, 0.3) is 5.91 Å². The van der Waals surface area contributed by atoms with Crippen molar-refractivity contribution in [2.24, 2.45) is 0 Å². The van der Waals surface area contributed by atoms with Gasteiger partial charge in [0, 0.05) is 16.0 Å². The van der Waals surface area contributed by atoms with Gasteiger partial charge in [0.1, 0.15) is 0 Å². The van der Waals surface area contributed by atoms with E-state index < -0.39 is 34.4 Å². The molecule has 26 heavy (non-hydrogen) atoms. The standard InChI is InChI=1S/C18H17NO5S2/c20-17(12-24-18(21)11-16-7-4-9-25-16)19(14-5-2-1-3-6-14)15-8-10-26(22,23)13-15/h1-10,15H,11-13H2/t15-/m0/s1. The highest BCUT2D eigenvalue weighted by molar-refractivity contribution is 7.94. The topological polar surface area (TPSA) is 80.8 Å². The van der Waals surface area contributed by atoms with Gasteiger partial charge in [-0.15, -0.1) is 11.3 Å². The summed E-state index contributed by atoms with van der Waals surface area (Å²) in [6, 6.07) is 11.8. The molecule has 1 amide bonds. The number of carbonyl (C=O) groups is 2. The smallest absolute Gasteiger partial charge is 0.311 e. The molecule has 0 fully saturated rings. The van der Waals surface area contributed by atoms with Gasteiger partial charge in [-0.25, -0.2) is 8.42 Å². The molecule has 0 unspecified atom stereocenters.